The van der Waals surface area contributed by atoms with Gasteiger partial charge in [0.25, 0.3) is 5.91 Å². The summed E-state index contributed by atoms with van der Waals surface area (Å²) in [6.07, 6.45) is 1.68. The van der Waals surface area contributed by atoms with Crippen molar-refractivity contribution in [3.63, 3.8) is 0 Å². The number of hydrogen-bond acceptors (Lipinski definition) is 4. The minimum absolute atomic E-state index is 0.0906. The highest BCUT2D eigenvalue weighted by molar-refractivity contribution is 5.98. The number of aliphatic hydroxyl groups is 1. The van der Waals surface area contributed by atoms with Crippen LogP contribution in [0.2, 0.25) is 0 Å². The van der Waals surface area contributed by atoms with Crippen molar-refractivity contribution < 1.29 is 9.90 Å². The summed E-state index contributed by atoms with van der Waals surface area (Å²) < 4.78 is 0. The van der Waals surface area contributed by atoms with Crippen LogP contribution in [0.15, 0.2) is 12.3 Å². The first-order valence-electron chi connectivity index (χ1n) is 5.51. The van der Waals surface area contributed by atoms with E-state index in [1.54, 1.807) is 12.3 Å². The fourth-order valence-corrected chi connectivity index (χ4v) is 1.33. The van der Waals surface area contributed by atoms with Crippen LogP contribution in [0.1, 0.15) is 36.7 Å². The topological polar surface area (TPSA) is 88.2 Å². The van der Waals surface area contributed by atoms with Crippen LogP contribution in [0.5, 0.6) is 0 Å². The molecule has 1 aromatic rings. The highest BCUT2D eigenvalue weighted by Crippen LogP contribution is 2.23. The molecule has 5 heteroatoms. The van der Waals surface area contributed by atoms with Crippen LogP contribution in [0.4, 0.5) is 5.82 Å². The van der Waals surface area contributed by atoms with Crippen molar-refractivity contribution in [2.45, 2.75) is 26.2 Å². The van der Waals surface area contributed by atoms with Crippen LogP contribution in [-0.2, 0) is 5.41 Å². The van der Waals surface area contributed by atoms with Gasteiger partial charge in [-0.2, -0.15) is 0 Å². The third-order valence-electron chi connectivity index (χ3n) is 2.43. The second kappa shape index (κ2) is 5.14. The number of nitrogen functional groups attached to an aromatic ring is 1. The van der Waals surface area contributed by atoms with Gasteiger partial charge in [-0.1, -0.05) is 20.8 Å². The van der Waals surface area contributed by atoms with Gasteiger partial charge in [0.2, 0.25) is 0 Å². The number of hydrogen-bond donors (Lipinski definition) is 3. The van der Waals surface area contributed by atoms with Crippen molar-refractivity contribution in [3.8, 4) is 0 Å². The Morgan fingerprint density at radius 3 is 2.71 bits per heavy atom. The van der Waals surface area contributed by atoms with E-state index in [-0.39, 0.29) is 30.3 Å². The predicted octanol–water partition coefficient (Wildman–Crippen LogP) is 0.683. The number of carbonyl (C=O) groups is 1. The van der Waals surface area contributed by atoms with Crippen LogP contribution in [0, 0.1) is 0 Å². The zero-order valence-corrected chi connectivity index (χ0v) is 10.4. The summed E-state index contributed by atoms with van der Waals surface area (Å²) in [5.74, 6) is -0.108. The van der Waals surface area contributed by atoms with E-state index in [2.05, 4.69) is 10.3 Å². The van der Waals surface area contributed by atoms with E-state index in [0.717, 1.165) is 5.56 Å². The number of nitrogens with zero attached hydrogens (tertiary/aromatic N) is 1. The summed E-state index contributed by atoms with van der Waals surface area (Å²) >= 11 is 0. The molecule has 0 aliphatic heterocycles. The first kappa shape index (κ1) is 13.4. The Labute approximate surface area is 101 Å². The number of aliphatic hydroxyl groups excluding tert-OH is 1. The monoisotopic (exact) mass is 237 g/mol. The summed E-state index contributed by atoms with van der Waals surface area (Å²) in [6.45, 7) is 6.22. The van der Waals surface area contributed by atoms with Crippen molar-refractivity contribution in [1.82, 2.24) is 10.3 Å². The zero-order valence-electron chi connectivity index (χ0n) is 10.4. The minimum atomic E-state index is -0.310. The van der Waals surface area contributed by atoms with E-state index in [1.165, 1.54) is 0 Å². The van der Waals surface area contributed by atoms with Crippen molar-refractivity contribution in [1.29, 1.82) is 0 Å². The normalized spacial score (nSPS) is 11.3. The summed E-state index contributed by atoms with van der Waals surface area (Å²) in [6, 6.07) is 1.75. The second-order valence-electron chi connectivity index (χ2n) is 4.89. The smallest absolute Gasteiger partial charge is 0.255 e. The molecule has 0 aliphatic rings. The van der Waals surface area contributed by atoms with E-state index in [0.29, 0.717) is 5.56 Å². The average Bonchev–Trinajstić information content (AvgIpc) is 2.24. The number of carbonyl (C=O) groups excluding carboxylic acids is 1. The van der Waals surface area contributed by atoms with Gasteiger partial charge in [-0.05, 0) is 17.0 Å². The third kappa shape index (κ3) is 3.42. The summed E-state index contributed by atoms with van der Waals surface area (Å²) in [5, 5.41) is 11.2. The molecule has 0 aromatic carbocycles. The largest absolute Gasteiger partial charge is 0.395 e. The van der Waals surface area contributed by atoms with Crippen molar-refractivity contribution in [3.05, 3.63) is 23.4 Å². The van der Waals surface area contributed by atoms with Gasteiger partial charge in [0.1, 0.15) is 5.82 Å². The van der Waals surface area contributed by atoms with Crippen LogP contribution in [0.3, 0.4) is 0 Å². The molecule has 0 bridgehead atoms. The van der Waals surface area contributed by atoms with Crippen LogP contribution < -0.4 is 11.1 Å². The fraction of sp³-hybridized carbons (Fsp3) is 0.500. The molecule has 0 unspecified atom stereocenters. The Bertz CT molecular complexity index is 411. The van der Waals surface area contributed by atoms with Crippen molar-refractivity contribution >= 4 is 11.7 Å². The molecule has 0 spiro atoms. The quantitative estimate of drug-likeness (QED) is 0.721. The second-order valence-corrected chi connectivity index (χ2v) is 4.89. The molecule has 0 fully saturated rings. The lowest BCUT2D eigenvalue weighted by Gasteiger charge is -2.19. The van der Waals surface area contributed by atoms with Crippen LogP contribution >= 0.6 is 0 Å². The van der Waals surface area contributed by atoms with E-state index in [4.69, 9.17) is 10.8 Å². The van der Waals surface area contributed by atoms with Gasteiger partial charge in [0.15, 0.2) is 0 Å². The van der Waals surface area contributed by atoms with Gasteiger partial charge in [-0.3, -0.25) is 4.79 Å². The molecule has 5 nitrogen and oxygen atoms in total. The lowest BCUT2D eigenvalue weighted by molar-refractivity contribution is 0.0945. The molecule has 0 saturated heterocycles. The number of pyridine rings is 1. The van der Waals surface area contributed by atoms with E-state index >= 15 is 0 Å². The number of aromatic nitrogens is 1. The molecule has 1 heterocycles. The SMILES string of the molecule is CC(C)(C)c1cnc(N)c(C(=O)NCCO)c1. The van der Waals surface area contributed by atoms with E-state index in [9.17, 15) is 4.79 Å². The predicted molar refractivity (Wildman–Crippen MR) is 66.8 cm³/mol. The first-order valence-corrected chi connectivity index (χ1v) is 5.51. The van der Waals surface area contributed by atoms with Gasteiger partial charge >= 0.3 is 0 Å². The Hall–Kier alpha value is -1.62. The van der Waals surface area contributed by atoms with Crippen LogP contribution in [-0.4, -0.2) is 29.1 Å². The Balaban J connectivity index is 3.02. The molecule has 0 saturated carbocycles. The molecule has 1 aromatic heterocycles. The maximum absolute atomic E-state index is 11.8. The lowest BCUT2D eigenvalue weighted by Crippen LogP contribution is -2.28. The Morgan fingerprint density at radius 1 is 1.53 bits per heavy atom. The maximum Gasteiger partial charge on any atom is 0.255 e. The van der Waals surface area contributed by atoms with Gasteiger partial charge < -0.3 is 16.2 Å². The van der Waals surface area contributed by atoms with Gasteiger partial charge in [0.05, 0.1) is 12.2 Å². The molecule has 0 radical (unpaired) electrons. The van der Waals surface area contributed by atoms with Crippen molar-refractivity contribution in [2.75, 3.05) is 18.9 Å². The third-order valence-corrected chi connectivity index (χ3v) is 2.43. The molecular formula is C12H19N3O2. The standard InChI is InChI=1S/C12H19N3O2/c1-12(2,3)8-6-9(10(13)15-7-8)11(17)14-4-5-16/h6-7,16H,4-5H2,1-3H3,(H2,13,15)(H,14,17). The average molecular weight is 237 g/mol. The van der Waals surface area contributed by atoms with E-state index in [1.807, 2.05) is 20.8 Å². The maximum atomic E-state index is 11.8. The van der Waals surface area contributed by atoms with Crippen LogP contribution in [0.25, 0.3) is 0 Å². The number of nitrogens with one attached hydrogen (secondary N) is 1. The van der Waals surface area contributed by atoms with E-state index < -0.39 is 0 Å². The summed E-state index contributed by atoms with van der Waals surface area (Å²) in [7, 11) is 0. The van der Waals surface area contributed by atoms with Crippen molar-refractivity contribution in [2.24, 2.45) is 0 Å². The summed E-state index contributed by atoms with van der Waals surface area (Å²) in [5.41, 5.74) is 6.88. The minimum Gasteiger partial charge on any atom is -0.395 e. The number of rotatable bonds is 3. The molecule has 0 atom stereocenters. The highest BCUT2D eigenvalue weighted by Gasteiger charge is 2.18. The number of anilines is 1. The fourth-order valence-electron chi connectivity index (χ4n) is 1.33. The molecule has 17 heavy (non-hydrogen) atoms. The van der Waals surface area contributed by atoms with Gasteiger partial charge in [-0.15, -0.1) is 0 Å². The van der Waals surface area contributed by atoms with Gasteiger partial charge in [-0.25, -0.2) is 4.98 Å². The molecule has 1 rings (SSSR count). The molecule has 1 amide bonds. The highest BCUT2D eigenvalue weighted by atomic mass is 16.3. The van der Waals surface area contributed by atoms with Gasteiger partial charge in [0, 0.05) is 12.7 Å². The molecular weight excluding hydrogens is 218 g/mol. The number of amides is 1. The lowest BCUT2D eigenvalue weighted by atomic mass is 9.87. The molecule has 4 N–H and O–H groups in total. The summed E-state index contributed by atoms with van der Waals surface area (Å²) in [4.78, 5) is 15.8. The first-order chi connectivity index (χ1) is 7.86. The zero-order chi connectivity index (χ0) is 13.1. The number of nitrogens with two attached hydrogens (primary N) is 1. The Kier molecular flexibility index (Phi) is 4.07. The molecule has 0 aliphatic carbocycles. The Morgan fingerprint density at radius 2 is 2.18 bits per heavy atom. The molecule has 94 valence electrons.